The Kier molecular flexibility index (Phi) is 6.79. The zero-order valence-corrected chi connectivity index (χ0v) is 19.8. The van der Waals surface area contributed by atoms with E-state index in [-0.39, 0.29) is 0 Å². The highest BCUT2D eigenvalue weighted by Crippen LogP contribution is 2.29. The normalized spacial score (nSPS) is 11.3. The standard InChI is InChI=1S/C24H30N6O3/c1-6-29(7-2)15-21-26-23-18-9-8-10-19(32-4)22(18)27-24(30(23)28-21)25-14-16-11-12-17(31-3)13-20(16)33-5/h8-13H,6-7,14-15H2,1-5H3,(H,25,27). The number of fused-ring (bicyclic) bond motifs is 3. The number of hydrogen-bond acceptors (Lipinski definition) is 8. The fourth-order valence-electron chi connectivity index (χ4n) is 3.81. The fourth-order valence-corrected chi connectivity index (χ4v) is 3.81. The first-order valence-corrected chi connectivity index (χ1v) is 11.0. The fraction of sp³-hybridized carbons (Fsp3) is 0.375. The number of para-hydroxylation sites is 1. The molecule has 9 nitrogen and oxygen atoms in total. The molecule has 0 aliphatic rings. The van der Waals surface area contributed by atoms with Crippen molar-refractivity contribution in [3.63, 3.8) is 0 Å². The largest absolute Gasteiger partial charge is 0.497 e. The minimum atomic E-state index is 0.487. The third-order valence-corrected chi connectivity index (χ3v) is 5.72. The molecule has 174 valence electrons. The van der Waals surface area contributed by atoms with Crippen molar-refractivity contribution in [2.75, 3.05) is 39.7 Å². The van der Waals surface area contributed by atoms with Crippen LogP contribution >= 0.6 is 0 Å². The Hall–Kier alpha value is -3.59. The van der Waals surface area contributed by atoms with Crippen LogP contribution < -0.4 is 19.5 Å². The van der Waals surface area contributed by atoms with Gasteiger partial charge in [0.05, 0.1) is 27.9 Å². The number of nitrogens with zero attached hydrogens (tertiary/aromatic N) is 5. The van der Waals surface area contributed by atoms with Gasteiger partial charge >= 0.3 is 0 Å². The van der Waals surface area contributed by atoms with E-state index in [0.29, 0.717) is 24.8 Å². The van der Waals surface area contributed by atoms with E-state index in [2.05, 4.69) is 24.1 Å². The molecule has 0 fully saturated rings. The summed E-state index contributed by atoms with van der Waals surface area (Å²) in [5, 5.41) is 9.09. The van der Waals surface area contributed by atoms with Gasteiger partial charge in [-0.25, -0.2) is 9.97 Å². The molecule has 0 bridgehead atoms. The van der Waals surface area contributed by atoms with E-state index in [1.165, 1.54) is 0 Å². The smallest absolute Gasteiger partial charge is 0.226 e. The van der Waals surface area contributed by atoms with Crippen molar-refractivity contribution in [2.24, 2.45) is 0 Å². The van der Waals surface area contributed by atoms with Gasteiger partial charge in [-0.3, -0.25) is 4.90 Å². The predicted molar refractivity (Wildman–Crippen MR) is 128 cm³/mol. The zero-order chi connectivity index (χ0) is 23.4. The number of anilines is 1. The van der Waals surface area contributed by atoms with E-state index in [0.717, 1.165) is 52.5 Å². The van der Waals surface area contributed by atoms with E-state index in [4.69, 9.17) is 29.3 Å². The molecule has 0 saturated carbocycles. The van der Waals surface area contributed by atoms with Crippen LogP contribution in [0.15, 0.2) is 36.4 Å². The van der Waals surface area contributed by atoms with Gasteiger partial charge in [-0.2, -0.15) is 4.52 Å². The molecule has 2 heterocycles. The number of ether oxygens (including phenoxy) is 3. The summed E-state index contributed by atoms with van der Waals surface area (Å²) in [5.41, 5.74) is 2.44. The van der Waals surface area contributed by atoms with Crippen LogP contribution in [0.5, 0.6) is 17.2 Å². The van der Waals surface area contributed by atoms with E-state index in [9.17, 15) is 0 Å². The molecule has 0 aliphatic carbocycles. The second-order valence-electron chi connectivity index (χ2n) is 7.55. The molecular formula is C24H30N6O3. The molecule has 0 atom stereocenters. The van der Waals surface area contributed by atoms with Crippen molar-refractivity contribution >= 4 is 22.5 Å². The van der Waals surface area contributed by atoms with Gasteiger partial charge in [0.25, 0.3) is 0 Å². The predicted octanol–water partition coefficient (Wildman–Crippen LogP) is 3.76. The lowest BCUT2D eigenvalue weighted by Gasteiger charge is -2.15. The van der Waals surface area contributed by atoms with Crippen LogP contribution in [0.4, 0.5) is 5.95 Å². The maximum absolute atomic E-state index is 5.57. The quantitative estimate of drug-likeness (QED) is 0.391. The molecule has 4 aromatic rings. The zero-order valence-electron chi connectivity index (χ0n) is 19.8. The van der Waals surface area contributed by atoms with Crippen molar-refractivity contribution in [1.29, 1.82) is 0 Å². The summed E-state index contributed by atoms with van der Waals surface area (Å²) < 4.78 is 18.2. The van der Waals surface area contributed by atoms with Crippen LogP contribution in [0.2, 0.25) is 0 Å². The molecule has 0 spiro atoms. The molecule has 9 heteroatoms. The monoisotopic (exact) mass is 450 g/mol. The van der Waals surface area contributed by atoms with E-state index in [1.807, 2.05) is 36.4 Å². The summed E-state index contributed by atoms with van der Waals surface area (Å²) in [6, 6.07) is 11.6. The maximum Gasteiger partial charge on any atom is 0.226 e. The summed E-state index contributed by atoms with van der Waals surface area (Å²) in [4.78, 5) is 12.0. The molecule has 0 unspecified atom stereocenters. The Morgan fingerprint density at radius 3 is 2.42 bits per heavy atom. The van der Waals surface area contributed by atoms with Gasteiger partial charge in [0.2, 0.25) is 5.95 Å². The lowest BCUT2D eigenvalue weighted by molar-refractivity contribution is 0.288. The van der Waals surface area contributed by atoms with Gasteiger partial charge in [-0.1, -0.05) is 19.9 Å². The van der Waals surface area contributed by atoms with Gasteiger partial charge < -0.3 is 19.5 Å². The van der Waals surface area contributed by atoms with Crippen LogP contribution in [0.3, 0.4) is 0 Å². The first kappa shape index (κ1) is 22.6. The van der Waals surface area contributed by atoms with Gasteiger partial charge in [-0.05, 0) is 37.4 Å². The lowest BCUT2D eigenvalue weighted by atomic mass is 10.2. The van der Waals surface area contributed by atoms with Crippen molar-refractivity contribution in [3.05, 3.63) is 47.8 Å². The number of rotatable bonds is 10. The maximum atomic E-state index is 5.57. The summed E-state index contributed by atoms with van der Waals surface area (Å²) in [6.45, 7) is 7.29. The Morgan fingerprint density at radius 2 is 1.73 bits per heavy atom. The van der Waals surface area contributed by atoms with Crippen molar-refractivity contribution in [2.45, 2.75) is 26.9 Å². The Balaban J connectivity index is 1.78. The van der Waals surface area contributed by atoms with E-state index in [1.54, 1.807) is 25.8 Å². The summed E-state index contributed by atoms with van der Waals surface area (Å²) in [5.74, 6) is 3.49. The molecule has 2 aromatic heterocycles. The third kappa shape index (κ3) is 4.49. The molecule has 0 amide bonds. The Morgan fingerprint density at radius 1 is 0.939 bits per heavy atom. The van der Waals surface area contributed by atoms with Gasteiger partial charge in [0, 0.05) is 23.6 Å². The van der Waals surface area contributed by atoms with E-state index < -0.39 is 0 Å². The molecule has 0 aliphatic heterocycles. The van der Waals surface area contributed by atoms with Crippen LogP contribution in [0.1, 0.15) is 25.2 Å². The van der Waals surface area contributed by atoms with E-state index >= 15 is 0 Å². The Bertz CT molecular complexity index is 1250. The van der Waals surface area contributed by atoms with Crippen molar-refractivity contribution < 1.29 is 14.2 Å². The van der Waals surface area contributed by atoms with Gasteiger partial charge in [0.15, 0.2) is 11.5 Å². The number of hydrogen-bond donors (Lipinski definition) is 1. The van der Waals surface area contributed by atoms with Crippen LogP contribution in [-0.2, 0) is 13.1 Å². The SMILES string of the molecule is CCN(CC)Cc1nc2c3cccc(OC)c3nc(NCc3ccc(OC)cc3OC)n2n1. The summed E-state index contributed by atoms with van der Waals surface area (Å²) >= 11 is 0. The minimum absolute atomic E-state index is 0.487. The van der Waals surface area contributed by atoms with Gasteiger partial charge in [-0.15, -0.1) is 5.10 Å². The van der Waals surface area contributed by atoms with Crippen molar-refractivity contribution in [3.8, 4) is 17.2 Å². The Labute approximate surface area is 193 Å². The third-order valence-electron chi connectivity index (χ3n) is 5.72. The average Bonchev–Trinajstić information content (AvgIpc) is 3.29. The first-order chi connectivity index (χ1) is 16.1. The summed E-state index contributed by atoms with van der Waals surface area (Å²) in [6.07, 6.45) is 0. The minimum Gasteiger partial charge on any atom is -0.497 e. The second-order valence-corrected chi connectivity index (χ2v) is 7.55. The first-order valence-electron chi connectivity index (χ1n) is 11.0. The number of methoxy groups -OCH3 is 3. The molecule has 33 heavy (non-hydrogen) atoms. The molecule has 0 radical (unpaired) electrons. The number of benzene rings is 2. The topological polar surface area (TPSA) is 86.0 Å². The lowest BCUT2D eigenvalue weighted by Crippen LogP contribution is -2.22. The molecule has 0 saturated heterocycles. The molecular weight excluding hydrogens is 420 g/mol. The van der Waals surface area contributed by atoms with Crippen LogP contribution in [0.25, 0.3) is 16.6 Å². The molecule has 4 rings (SSSR count). The van der Waals surface area contributed by atoms with Crippen molar-refractivity contribution in [1.82, 2.24) is 24.5 Å². The highest BCUT2D eigenvalue weighted by molar-refractivity contribution is 5.95. The summed E-state index contributed by atoms with van der Waals surface area (Å²) in [7, 11) is 4.93. The van der Waals surface area contributed by atoms with Crippen LogP contribution in [-0.4, -0.2) is 58.9 Å². The average molecular weight is 451 g/mol. The highest BCUT2D eigenvalue weighted by atomic mass is 16.5. The number of aromatic nitrogens is 4. The molecule has 1 N–H and O–H groups in total. The van der Waals surface area contributed by atoms with Gasteiger partial charge in [0.1, 0.15) is 22.8 Å². The second kappa shape index (κ2) is 9.91. The highest BCUT2D eigenvalue weighted by Gasteiger charge is 2.17. The molecule has 2 aromatic carbocycles. The van der Waals surface area contributed by atoms with Crippen LogP contribution in [0, 0.1) is 0 Å². The number of nitrogens with one attached hydrogen (secondary N) is 1.